The Kier molecular flexibility index (Phi) is 3.68. The zero-order valence-electron chi connectivity index (χ0n) is 10.4. The van der Waals surface area contributed by atoms with Gasteiger partial charge >= 0.3 is 0 Å². The minimum Gasteiger partial charge on any atom is -0.487 e. The summed E-state index contributed by atoms with van der Waals surface area (Å²) in [5.74, 6) is 0.293. The van der Waals surface area contributed by atoms with E-state index in [0.29, 0.717) is 11.4 Å². The van der Waals surface area contributed by atoms with E-state index in [0.717, 1.165) is 0 Å². The van der Waals surface area contributed by atoms with E-state index in [1.807, 2.05) is 20.8 Å². The second kappa shape index (κ2) is 4.54. The second-order valence-electron chi connectivity index (χ2n) is 4.63. The molecule has 0 spiro atoms. The molecule has 0 saturated carbocycles. The van der Waals surface area contributed by atoms with Crippen LogP contribution < -0.4 is 15.2 Å². The van der Waals surface area contributed by atoms with Gasteiger partial charge in [-0.25, -0.2) is 13.1 Å². The summed E-state index contributed by atoms with van der Waals surface area (Å²) in [6, 6.07) is 4.55. The van der Waals surface area contributed by atoms with E-state index in [4.69, 9.17) is 10.5 Å². The van der Waals surface area contributed by atoms with Crippen LogP contribution in [-0.4, -0.2) is 21.1 Å². The van der Waals surface area contributed by atoms with Crippen LogP contribution in [0, 0.1) is 0 Å². The number of ether oxygens (including phenoxy) is 1. The molecular weight excluding hydrogens is 240 g/mol. The standard InChI is InChI=1S/C11H18N2O3S/c1-11(2,3)16-9-6-5-8(12)7-10(9)17(14,15)13-4/h5-7,13H,12H2,1-4H3. The first-order valence-corrected chi connectivity index (χ1v) is 6.66. The molecule has 96 valence electrons. The third-order valence-corrected chi connectivity index (χ3v) is 3.38. The van der Waals surface area contributed by atoms with Gasteiger partial charge in [-0.1, -0.05) is 0 Å². The van der Waals surface area contributed by atoms with Crippen molar-refractivity contribution in [2.24, 2.45) is 0 Å². The van der Waals surface area contributed by atoms with Crippen molar-refractivity contribution in [2.45, 2.75) is 31.3 Å². The molecule has 0 aliphatic carbocycles. The van der Waals surface area contributed by atoms with Gasteiger partial charge in [0.2, 0.25) is 10.0 Å². The first-order chi connectivity index (χ1) is 7.65. The molecule has 0 fully saturated rings. The summed E-state index contributed by atoms with van der Waals surface area (Å²) in [4.78, 5) is 0.0509. The van der Waals surface area contributed by atoms with E-state index in [1.165, 1.54) is 13.1 Å². The first kappa shape index (κ1) is 13.8. The van der Waals surface area contributed by atoms with Gasteiger partial charge in [0, 0.05) is 5.69 Å². The Morgan fingerprint density at radius 2 is 1.88 bits per heavy atom. The third kappa shape index (κ3) is 3.61. The molecule has 0 atom stereocenters. The van der Waals surface area contributed by atoms with E-state index in [2.05, 4.69) is 4.72 Å². The molecule has 0 heterocycles. The van der Waals surface area contributed by atoms with E-state index >= 15 is 0 Å². The van der Waals surface area contributed by atoms with Crippen LogP contribution in [0.15, 0.2) is 23.1 Å². The lowest BCUT2D eigenvalue weighted by molar-refractivity contribution is 0.126. The van der Waals surface area contributed by atoms with Crippen LogP contribution in [0.3, 0.4) is 0 Å². The molecule has 0 radical (unpaired) electrons. The number of rotatable bonds is 3. The van der Waals surface area contributed by atoms with Crippen molar-refractivity contribution in [3.63, 3.8) is 0 Å². The molecule has 6 heteroatoms. The van der Waals surface area contributed by atoms with Crippen molar-refractivity contribution in [3.8, 4) is 5.75 Å². The van der Waals surface area contributed by atoms with Gasteiger partial charge in [0.25, 0.3) is 0 Å². The lowest BCUT2D eigenvalue weighted by atomic mass is 10.2. The largest absolute Gasteiger partial charge is 0.487 e. The van der Waals surface area contributed by atoms with Crippen LogP contribution >= 0.6 is 0 Å². The number of nitrogens with one attached hydrogen (secondary N) is 1. The Hall–Kier alpha value is -1.27. The number of nitrogens with two attached hydrogens (primary N) is 1. The van der Waals surface area contributed by atoms with Crippen molar-refractivity contribution in [2.75, 3.05) is 12.8 Å². The average Bonchev–Trinajstić information content (AvgIpc) is 2.18. The summed E-state index contributed by atoms with van der Waals surface area (Å²) in [5, 5.41) is 0. The Bertz CT molecular complexity index is 504. The summed E-state index contributed by atoms with van der Waals surface area (Å²) in [6.45, 7) is 5.54. The van der Waals surface area contributed by atoms with Crippen molar-refractivity contribution in [3.05, 3.63) is 18.2 Å². The Morgan fingerprint density at radius 3 is 2.35 bits per heavy atom. The fourth-order valence-corrected chi connectivity index (χ4v) is 2.14. The number of sulfonamides is 1. The van der Waals surface area contributed by atoms with Gasteiger partial charge in [-0.3, -0.25) is 0 Å². The molecule has 0 aromatic heterocycles. The van der Waals surface area contributed by atoms with Crippen molar-refractivity contribution in [1.29, 1.82) is 0 Å². The molecule has 0 aliphatic heterocycles. The molecule has 1 aromatic rings. The van der Waals surface area contributed by atoms with E-state index in [1.54, 1.807) is 12.1 Å². The summed E-state index contributed by atoms with van der Waals surface area (Å²) < 4.78 is 31.5. The van der Waals surface area contributed by atoms with Crippen molar-refractivity contribution >= 4 is 15.7 Å². The maximum Gasteiger partial charge on any atom is 0.244 e. The Labute approximate surface area is 102 Å². The summed E-state index contributed by atoms with van der Waals surface area (Å²) in [7, 11) is -2.23. The van der Waals surface area contributed by atoms with Crippen LogP contribution in [-0.2, 0) is 10.0 Å². The highest BCUT2D eigenvalue weighted by atomic mass is 32.2. The lowest BCUT2D eigenvalue weighted by Crippen LogP contribution is -2.26. The molecule has 0 aliphatic rings. The lowest BCUT2D eigenvalue weighted by Gasteiger charge is -2.23. The number of anilines is 1. The minimum atomic E-state index is -3.58. The number of nitrogen functional groups attached to an aromatic ring is 1. The Morgan fingerprint density at radius 1 is 1.29 bits per heavy atom. The van der Waals surface area contributed by atoms with Gasteiger partial charge in [0.1, 0.15) is 16.2 Å². The van der Waals surface area contributed by atoms with E-state index < -0.39 is 15.6 Å². The van der Waals surface area contributed by atoms with Gasteiger partial charge in [-0.15, -0.1) is 0 Å². The quantitative estimate of drug-likeness (QED) is 0.802. The predicted octanol–water partition coefficient (Wildman–Crippen LogP) is 1.35. The number of hydrogen-bond donors (Lipinski definition) is 2. The maximum atomic E-state index is 11.8. The minimum absolute atomic E-state index is 0.0509. The molecular formula is C11H18N2O3S. The zero-order valence-corrected chi connectivity index (χ0v) is 11.3. The number of benzene rings is 1. The van der Waals surface area contributed by atoms with E-state index in [9.17, 15) is 8.42 Å². The molecule has 3 N–H and O–H groups in total. The van der Waals surface area contributed by atoms with Gasteiger partial charge in [0.15, 0.2) is 0 Å². The van der Waals surface area contributed by atoms with Crippen LogP contribution in [0.2, 0.25) is 0 Å². The SMILES string of the molecule is CNS(=O)(=O)c1cc(N)ccc1OC(C)(C)C. The first-order valence-electron chi connectivity index (χ1n) is 5.18. The Balaban J connectivity index is 3.32. The van der Waals surface area contributed by atoms with Gasteiger partial charge in [0.05, 0.1) is 0 Å². The molecule has 0 amide bonds. The predicted molar refractivity (Wildman–Crippen MR) is 67.5 cm³/mol. The van der Waals surface area contributed by atoms with Crippen molar-refractivity contribution < 1.29 is 13.2 Å². The molecule has 0 saturated heterocycles. The molecule has 5 nitrogen and oxygen atoms in total. The molecule has 1 rings (SSSR count). The van der Waals surface area contributed by atoms with Crippen LogP contribution in [0.5, 0.6) is 5.75 Å². The van der Waals surface area contributed by atoms with E-state index in [-0.39, 0.29) is 4.90 Å². The highest BCUT2D eigenvalue weighted by molar-refractivity contribution is 7.89. The average molecular weight is 258 g/mol. The monoisotopic (exact) mass is 258 g/mol. The number of hydrogen-bond acceptors (Lipinski definition) is 4. The van der Waals surface area contributed by atoms with Crippen LogP contribution in [0.25, 0.3) is 0 Å². The topological polar surface area (TPSA) is 81.4 Å². The smallest absolute Gasteiger partial charge is 0.244 e. The highest BCUT2D eigenvalue weighted by Crippen LogP contribution is 2.28. The van der Waals surface area contributed by atoms with Gasteiger partial charge in [-0.2, -0.15) is 0 Å². The molecule has 0 bridgehead atoms. The zero-order chi connectivity index (χ0) is 13.3. The van der Waals surface area contributed by atoms with Gasteiger partial charge < -0.3 is 10.5 Å². The fourth-order valence-electron chi connectivity index (χ4n) is 1.26. The highest BCUT2D eigenvalue weighted by Gasteiger charge is 2.22. The molecule has 17 heavy (non-hydrogen) atoms. The normalized spacial score (nSPS) is 12.5. The van der Waals surface area contributed by atoms with Crippen LogP contribution in [0.1, 0.15) is 20.8 Å². The maximum absolute atomic E-state index is 11.8. The van der Waals surface area contributed by atoms with Crippen molar-refractivity contribution in [1.82, 2.24) is 4.72 Å². The fraction of sp³-hybridized carbons (Fsp3) is 0.455. The van der Waals surface area contributed by atoms with Crippen LogP contribution in [0.4, 0.5) is 5.69 Å². The second-order valence-corrected chi connectivity index (χ2v) is 6.48. The molecule has 0 unspecified atom stereocenters. The summed E-state index contributed by atoms with van der Waals surface area (Å²) in [6.07, 6.45) is 0. The summed E-state index contributed by atoms with van der Waals surface area (Å²) >= 11 is 0. The van der Waals surface area contributed by atoms with Gasteiger partial charge in [-0.05, 0) is 46.0 Å². The molecule has 1 aromatic carbocycles. The third-order valence-electron chi connectivity index (χ3n) is 1.94. The summed E-state index contributed by atoms with van der Waals surface area (Å²) in [5.41, 5.74) is 5.49.